The third kappa shape index (κ3) is 2.84. The topological polar surface area (TPSA) is 24.1 Å². The molecule has 2 N–H and O–H groups in total. The Kier molecular flexibility index (Phi) is 3.89. The first-order valence-corrected chi connectivity index (χ1v) is 8.83. The van der Waals surface area contributed by atoms with Crippen molar-refractivity contribution in [3.05, 3.63) is 87.9 Å². The van der Waals surface area contributed by atoms with E-state index in [9.17, 15) is 0 Å². The molecule has 4 rings (SSSR count). The molecule has 24 heavy (non-hydrogen) atoms. The lowest BCUT2D eigenvalue weighted by molar-refractivity contribution is 0.802. The second-order valence-corrected chi connectivity index (χ2v) is 6.88. The quantitative estimate of drug-likeness (QED) is 0.794. The molecule has 0 aromatic heterocycles. The minimum Gasteiger partial charge on any atom is -0.352 e. The number of hydrogen-bond acceptors (Lipinski definition) is 2. The number of hydrogen-bond donors (Lipinski definition) is 2. The molecule has 122 valence electrons. The summed E-state index contributed by atoms with van der Waals surface area (Å²) in [4.78, 5) is 0. The van der Waals surface area contributed by atoms with Crippen molar-refractivity contribution in [2.75, 3.05) is 0 Å². The molecule has 1 aromatic carbocycles. The minimum atomic E-state index is 1.09. The number of allylic oxidation sites excluding steroid dienone is 6. The van der Waals surface area contributed by atoms with Crippen molar-refractivity contribution in [1.29, 1.82) is 0 Å². The number of aryl methyl sites for hydroxylation is 1. The van der Waals surface area contributed by atoms with Gasteiger partial charge >= 0.3 is 0 Å². The van der Waals surface area contributed by atoms with Gasteiger partial charge in [0.15, 0.2) is 0 Å². The van der Waals surface area contributed by atoms with Gasteiger partial charge in [-0.2, -0.15) is 0 Å². The molecule has 0 bridgehead atoms. The normalized spacial score (nSPS) is 20.1. The summed E-state index contributed by atoms with van der Waals surface area (Å²) in [6.45, 7) is 4.34. The van der Waals surface area contributed by atoms with Crippen LogP contribution in [0.3, 0.4) is 0 Å². The zero-order chi connectivity index (χ0) is 16.5. The molecule has 3 aliphatic rings. The van der Waals surface area contributed by atoms with Crippen LogP contribution in [0.15, 0.2) is 76.8 Å². The van der Waals surface area contributed by atoms with Crippen LogP contribution in [0.4, 0.5) is 0 Å². The van der Waals surface area contributed by atoms with Crippen molar-refractivity contribution < 1.29 is 0 Å². The Morgan fingerprint density at radius 3 is 2.04 bits per heavy atom. The summed E-state index contributed by atoms with van der Waals surface area (Å²) < 4.78 is 0. The minimum absolute atomic E-state index is 1.09. The highest BCUT2D eigenvalue weighted by Crippen LogP contribution is 2.33. The summed E-state index contributed by atoms with van der Waals surface area (Å²) in [5.74, 6) is 0. The van der Waals surface area contributed by atoms with Gasteiger partial charge in [-0.25, -0.2) is 0 Å². The van der Waals surface area contributed by atoms with Crippen molar-refractivity contribution in [2.45, 2.75) is 39.5 Å². The van der Waals surface area contributed by atoms with Crippen molar-refractivity contribution >= 4 is 5.70 Å². The van der Waals surface area contributed by atoms with Gasteiger partial charge in [0.1, 0.15) is 0 Å². The van der Waals surface area contributed by atoms with Crippen molar-refractivity contribution in [3.8, 4) is 0 Å². The molecule has 0 unspecified atom stereocenters. The zero-order valence-electron chi connectivity index (χ0n) is 14.4. The number of nitrogens with one attached hydrogen (secondary N) is 2. The summed E-state index contributed by atoms with van der Waals surface area (Å²) in [7, 11) is 0. The van der Waals surface area contributed by atoms with Gasteiger partial charge in [0.05, 0.1) is 22.8 Å². The molecule has 2 heteroatoms. The predicted molar refractivity (Wildman–Crippen MR) is 101 cm³/mol. The fraction of sp³-hybridized carbons (Fsp3) is 0.273. The summed E-state index contributed by atoms with van der Waals surface area (Å²) in [5.41, 5.74) is 10.2. The lowest BCUT2D eigenvalue weighted by atomic mass is 9.92. The van der Waals surface area contributed by atoms with Crippen molar-refractivity contribution in [3.63, 3.8) is 0 Å². The highest BCUT2D eigenvalue weighted by Gasteiger charge is 2.24. The summed E-state index contributed by atoms with van der Waals surface area (Å²) in [6.07, 6.45) is 13.6. The third-order valence-electron chi connectivity index (χ3n) is 4.94. The smallest absolute Gasteiger partial charge is 0.0700 e. The van der Waals surface area contributed by atoms with Crippen LogP contribution in [0.1, 0.15) is 43.7 Å². The molecule has 0 amide bonds. The van der Waals surface area contributed by atoms with Crippen molar-refractivity contribution in [2.24, 2.45) is 0 Å². The molecule has 0 saturated carbocycles. The van der Waals surface area contributed by atoms with Crippen LogP contribution in [0.25, 0.3) is 5.70 Å². The Balaban J connectivity index is 1.83. The Hall–Kier alpha value is -2.48. The third-order valence-corrected chi connectivity index (χ3v) is 4.94. The van der Waals surface area contributed by atoms with Crippen LogP contribution in [0, 0.1) is 6.92 Å². The lowest BCUT2D eigenvalue weighted by Crippen LogP contribution is -2.33. The van der Waals surface area contributed by atoms with Crippen LogP contribution in [-0.2, 0) is 0 Å². The molecule has 2 nitrogen and oxygen atoms in total. The Morgan fingerprint density at radius 1 is 0.750 bits per heavy atom. The molecule has 0 radical (unpaired) electrons. The monoisotopic (exact) mass is 316 g/mol. The fourth-order valence-electron chi connectivity index (χ4n) is 3.43. The maximum atomic E-state index is 3.72. The van der Waals surface area contributed by atoms with Gasteiger partial charge in [0.2, 0.25) is 0 Å². The number of rotatable bonds is 2. The van der Waals surface area contributed by atoms with E-state index < -0.39 is 0 Å². The summed E-state index contributed by atoms with van der Waals surface area (Å²) >= 11 is 0. The van der Waals surface area contributed by atoms with Crippen LogP contribution in [0.5, 0.6) is 0 Å². The first-order valence-electron chi connectivity index (χ1n) is 8.83. The predicted octanol–water partition coefficient (Wildman–Crippen LogP) is 5.08. The second kappa shape index (κ2) is 6.20. The van der Waals surface area contributed by atoms with Gasteiger partial charge in [-0.1, -0.05) is 59.7 Å². The van der Waals surface area contributed by atoms with Crippen LogP contribution >= 0.6 is 0 Å². The van der Waals surface area contributed by atoms with E-state index in [1.54, 1.807) is 0 Å². The molecule has 0 atom stereocenters. The largest absolute Gasteiger partial charge is 0.352 e. The number of fused-ring (bicyclic) bond motifs is 1. The van der Waals surface area contributed by atoms with Gasteiger partial charge in [-0.15, -0.1) is 0 Å². The zero-order valence-corrected chi connectivity index (χ0v) is 14.4. The maximum absolute atomic E-state index is 3.72. The Bertz CT molecular complexity index is 814. The lowest BCUT2D eigenvalue weighted by Gasteiger charge is -2.32. The van der Waals surface area contributed by atoms with Gasteiger partial charge in [0.25, 0.3) is 0 Å². The molecule has 0 fully saturated rings. The average molecular weight is 316 g/mol. The molecular formula is C22H24N2. The standard InChI is InChI=1S/C22H24N2/c1-15-7-11-17(12-8-15)21-22(18-13-9-16(2)10-14-18)24-20-6-4-3-5-19(20)23-21/h5-9,11-13,23-24H,3-4,10,14H2,1-2H3. The van der Waals surface area contributed by atoms with Crippen molar-refractivity contribution in [1.82, 2.24) is 10.6 Å². The van der Waals surface area contributed by atoms with Crippen LogP contribution < -0.4 is 10.6 Å². The average Bonchev–Trinajstić information content (AvgIpc) is 2.62. The van der Waals surface area contributed by atoms with E-state index in [-0.39, 0.29) is 0 Å². The van der Waals surface area contributed by atoms with E-state index >= 15 is 0 Å². The molecule has 1 heterocycles. The Morgan fingerprint density at radius 2 is 1.42 bits per heavy atom. The van der Waals surface area contributed by atoms with Gasteiger partial charge in [0, 0.05) is 5.56 Å². The first-order chi connectivity index (χ1) is 11.7. The highest BCUT2D eigenvalue weighted by atomic mass is 15.1. The molecule has 0 saturated heterocycles. The highest BCUT2D eigenvalue weighted by molar-refractivity contribution is 5.76. The SMILES string of the molecule is CC1=CC=C(C2=C(c3ccc(C)cc3)NC3=CCCC=C3N2)CC1. The van der Waals surface area contributed by atoms with E-state index in [0.29, 0.717) is 0 Å². The summed E-state index contributed by atoms with van der Waals surface area (Å²) in [5, 5.41) is 7.41. The van der Waals surface area contributed by atoms with Gasteiger partial charge in [-0.3, -0.25) is 0 Å². The fourth-order valence-corrected chi connectivity index (χ4v) is 3.43. The van der Waals surface area contributed by atoms with Crippen LogP contribution in [-0.4, -0.2) is 0 Å². The van der Waals surface area contributed by atoms with Crippen LogP contribution in [0.2, 0.25) is 0 Å². The van der Waals surface area contributed by atoms with E-state index in [1.807, 2.05) is 0 Å². The molecular weight excluding hydrogens is 292 g/mol. The molecule has 1 aromatic rings. The van der Waals surface area contributed by atoms with E-state index in [1.165, 1.54) is 45.1 Å². The molecule has 2 aliphatic carbocycles. The van der Waals surface area contributed by atoms with Gasteiger partial charge in [-0.05, 0) is 45.1 Å². The maximum Gasteiger partial charge on any atom is 0.0700 e. The second-order valence-electron chi connectivity index (χ2n) is 6.88. The first kappa shape index (κ1) is 15.1. The van der Waals surface area contributed by atoms with E-state index in [4.69, 9.17) is 0 Å². The summed E-state index contributed by atoms with van der Waals surface area (Å²) in [6, 6.07) is 8.78. The van der Waals surface area contributed by atoms with E-state index in [2.05, 4.69) is 73.1 Å². The van der Waals surface area contributed by atoms with E-state index in [0.717, 1.165) is 25.7 Å². The van der Waals surface area contributed by atoms with Gasteiger partial charge < -0.3 is 10.6 Å². The molecule has 1 aliphatic heterocycles. The molecule has 0 spiro atoms. The Labute approximate surface area is 144 Å². The number of benzene rings is 1.